The van der Waals surface area contributed by atoms with Crippen LogP contribution in [0.4, 0.5) is 15.3 Å². The summed E-state index contributed by atoms with van der Waals surface area (Å²) in [4.78, 5) is 25.5. The van der Waals surface area contributed by atoms with E-state index in [0.717, 1.165) is 29.5 Å². The number of nitrogens with two attached hydrogens (primary N) is 1. The van der Waals surface area contributed by atoms with E-state index in [0.29, 0.717) is 31.6 Å². The molecule has 0 saturated carbocycles. The number of carbonyl (C=O) groups excluding carboxylic acids is 2. The lowest BCUT2D eigenvalue weighted by Gasteiger charge is -2.35. The number of sulfonamides is 1. The predicted octanol–water partition coefficient (Wildman–Crippen LogP) is 3.90. The van der Waals surface area contributed by atoms with Crippen LogP contribution in [0.5, 0.6) is 0 Å². The molecular formula is C24H36N4O6S2. The van der Waals surface area contributed by atoms with E-state index < -0.39 is 21.7 Å². The maximum Gasteiger partial charge on any atom is 0.405 e. The maximum absolute atomic E-state index is 12.8. The number of anilines is 1. The van der Waals surface area contributed by atoms with Crippen molar-refractivity contribution in [1.82, 2.24) is 10.6 Å². The van der Waals surface area contributed by atoms with Gasteiger partial charge in [-0.15, -0.1) is 11.3 Å². The van der Waals surface area contributed by atoms with E-state index in [9.17, 15) is 18.0 Å². The van der Waals surface area contributed by atoms with Gasteiger partial charge in [0.05, 0.1) is 12.9 Å². The highest BCUT2D eigenvalue weighted by atomic mass is 32.2. The van der Waals surface area contributed by atoms with Gasteiger partial charge in [0.15, 0.2) is 5.60 Å². The van der Waals surface area contributed by atoms with E-state index in [4.69, 9.17) is 15.2 Å². The Kier molecular flexibility index (Phi) is 11.5. The normalized spacial score (nSPS) is 13.9. The number of carbonyl (C=O) groups is 2. The van der Waals surface area contributed by atoms with Gasteiger partial charge in [-0.2, -0.15) is 0 Å². The van der Waals surface area contributed by atoms with E-state index in [1.165, 1.54) is 11.3 Å². The van der Waals surface area contributed by atoms with Gasteiger partial charge in [-0.1, -0.05) is 38.0 Å². The van der Waals surface area contributed by atoms with Crippen molar-refractivity contribution in [3.63, 3.8) is 0 Å². The minimum atomic E-state index is -3.40. The van der Waals surface area contributed by atoms with Crippen LogP contribution < -0.4 is 21.1 Å². The van der Waals surface area contributed by atoms with Gasteiger partial charge in [0.1, 0.15) is 0 Å². The number of methoxy groups -OCH3 is 1. The van der Waals surface area contributed by atoms with Crippen molar-refractivity contribution in [2.75, 3.05) is 24.7 Å². The second-order valence-electron chi connectivity index (χ2n) is 8.58. The fourth-order valence-corrected chi connectivity index (χ4v) is 5.38. The zero-order valence-corrected chi connectivity index (χ0v) is 22.5. The Morgan fingerprint density at radius 1 is 1.22 bits per heavy atom. The topological polar surface area (TPSA) is 149 Å². The lowest BCUT2D eigenvalue weighted by atomic mass is 9.87. The van der Waals surface area contributed by atoms with Crippen LogP contribution in [-0.4, -0.2) is 46.6 Å². The molecule has 1 aromatic heterocycles. The molecule has 5 N–H and O–H groups in total. The number of amides is 3. The van der Waals surface area contributed by atoms with E-state index in [-0.39, 0.29) is 18.6 Å². The van der Waals surface area contributed by atoms with Crippen molar-refractivity contribution in [2.45, 2.75) is 57.2 Å². The summed E-state index contributed by atoms with van der Waals surface area (Å²) in [6.45, 7) is 2.60. The van der Waals surface area contributed by atoms with Gasteiger partial charge in [0.2, 0.25) is 10.0 Å². The highest BCUT2D eigenvalue weighted by molar-refractivity contribution is 7.92. The molecule has 200 valence electrons. The van der Waals surface area contributed by atoms with Crippen LogP contribution in [0.2, 0.25) is 0 Å². The minimum absolute atomic E-state index is 0.198. The summed E-state index contributed by atoms with van der Waals surface area (Å²) in [5.74, 6) is 0. The summed E-state index contributed by atoms with van der Waals surface area (Å²) in [6.07, 6.45) is 3.39. The molecule has 0 spiro atoms. The van der Waals surface area contributed by atoms with Crippen LogP contribution in [0, 0.1) is 0 Å². The van der Waals surface area contributed by atoms with Crippen LogP contribution in [0.25, 0.3) is 0 Å². The van der Waals surface area contributed by atoms with Crippen molar-refractivity contribution in [2.24, 2.45) is 5.73 Å². The first kappa shape index (κ1) is 29.4. The standard InChI is InChI=1S/C24H36N4O6S2/c1-4-5-9-20(16-24(12-13-33-2,34-22(25)29)21-11-7-14-35-21)27-23(30)26-17-18-8-6-10-19(15-18)28-36(3,31)32/h6-8,10-11,14-15,20,28H,4-5,9,12-13,16-17H2,1-3H3,(H2,25,29)(H2,26,27,30)/t20-,24?/m0/s1. The Morgan fingerprint density at radius 3 is 2.61 bits per heavy atom. The monoisotopic (exact) mass is 540 g/mol. The Balaban J connectivity index is 2.15. The molecule has 36 heavy (non-hydrogen) atoms. The number of nitrogens with one attached hydrogen (secondary N) is 3. The van der Waals surface area contributed by atoms with Crippen LogP contribution in [0.15, 0.2) is 41.8 Å². The molecular weight excluding hydrogens is 504 g/mol. The number of hydrogen-bond acceptors (Lipinski definition) is 7. The minimum Gasteiger partial charge on any atom is -0.437 e. The van der Waals surface area contributed by atoms with Crippen molar-refractivity contribution in [1.29, 1.82) is 0 Å². The highest BCUT2D eigenvalue weighted by Gasteiger charge is 2.39. The lowest BCUT2D eigenvalue weighted by molar-refractivity contribution is -0.0217. The molecule has 1 unspecified atom stereocenters. The first-order valence-corrected chi connectivity index (χ1v) is 14.5. The van der Waals surface area contributed by atoms with Gasteiger partial charge in [-0.05, 0) is 35.6 Å². The van der Waals surface area contributed by atoms with Gasteiger partial charge >= 0.3 is 12.1 Å². The van der Waals surface area contributed by atoms with Gasteiger partial charge in [0.25, 0.3) is 0 Å². The van der Waals surface area contributed by atoms with E-state index in [1.54, 1.807) is 31.4 Å². The molecule has 2 atom stereocenters. The van der Waals surface area contributed by atoms with Crippen molar-refractivity contribution in [3.05, 3.63) is 52.2 Å². The molecule has 1 aromatic carbocycles. The van der Waals surface area contributed by atoms with Gasteiger partial charge in [-0.25, -0.2) is 18.0 Å². The molecule has 0 bridgehead atoms. The third-order valence-electron chi connectivity index (χ3n) is 5.48. The fourth-order valence-electron chi connectivity index (χ4n) is 3.92. The number of unbranched alkanes of at least 4 members (excludes halogenated alkanes) is 1. The summed E-state index contributed by atoms with van der Waals surface area (Å²) in [6, 6.07) is 9.86. The van der Waals surface area contributed by atoms with Gasteiger partial charge in [-0.3, -0.25) is 4.72 Å². The number of hydrogen-bond donors (Lipinski definition) is 4. The summed E-state index contributed by atoms with van der Waals surface area (Å²) < 4.78 is 36.4. The number of thiophene rings is 1. The van der Waals surface area contributed by atoms with Crippen LogP contribution in [0.3, 0.4) is 0 Å². The molecule has 0 radical (unpaired) electrons. The fraction of sp³-hybridized carbons (Fsp3) is 0.500. The van der Waals surface area contributed by atoms with Crippen molar-refractivity contribution in [3.8, 4) is 0 Å². The second kappa shape index (κ2) is 14.0. The molecule has 0 aliphatic carbocycles. The molecule has 0 aliphatic heterocycles. The summed E-state index contributed by atoms with van der Waals surface area (Å²) in [7, 11) is -1.83. The molecule has 12 heteroatoms. The number of primary amides is 1. The second-order valence-corrected chi connectivity index (χ2v) is 11.3. The van der Waals surface area contributed by atoms with Crippen LogP contribution in [-0.2, 0) is 31.6 Å². The SMILES string of the molecule is CCCC[C@@H](CC(CCOC)(OC(N)=O)c1cccs1)NC(=O)NCc1cccc(NS(C)(=O)=O)c1. The molecule has 2 rings (SSSR count). The Hall–Kier alpha value is -2.83. The van der Waals surface area contributed by atoms with E-state index >= 15 is 0 Å². The maximum atomic E-state index is 12.8. The number of rotatable bonds is 15. The summed E-state index contributed by atoms with van der Waals surface area (Å²) in [5.41, 5.74) is 5.57. The molecule has 0 saturated heterocycles. The first-order valence-electron chi connectivity index (χ1n) is 11.7. The predicted molar refractivity (Wildman–Crippen MR) is 141 cm³/mol. The molecule has 1 heterocycles. The first-order chi connectivity index (χ1) is 17.1. The van der Waals surface area contributed by atoms with Crippen molar-refractivity contribution >= 4 is 39.2 Å². The zero-order chi connectivity index (χ0) is 26.6. The van der Waals surface area contributed by atoms with Crippen LogP contribution >= 0.6 is 11.3 Å². The number of urea groups is 1. The number of benzene rings is 1. The van der Waals surface area contributed by atoms with E-state index in [2.05, 4.69) is 22.3 Å². The Labute approximate surface area is 217 Å². The molecule has 0 aliphatic rings. The highest BCUT2D eigenvalue weighted by Crippen LogP contribution is 2.38. The van der Waals surface area contributed by atoms with Crippen LogP contribution in [0.1, 0.15) is 49.5 Å². The average molecular weight is 541 g/mol. The Morgan fingerprint density at radius 2 is 2.00 bits per heavy atom. The molecule has 2 aromatic rings. The quantitative estimate of drug-likeness (QED) is 0.269. The number of ether oxygens (including phenoxy) is 2. The average Bonchev–Trinajstić information content (AvgIpc) is 3.34. The Bertz CT molecular complexity index is 1080. The van der Waals surface area contributed by atoms with Crippen molar-refractivity contribution < 1.29 is 27.5 Å². The van der Waals surface area contributed by atoms with Gasteiger partial charge in [0, 0.05) is 43.1 Å². The van der Waals surface area contributed by atoms with E-state index in [1.807, 2.05) is 17.5 Å². The molecule has 0 fully saturated rings. The van der Waals surface area contributed by atoms with Gasteiger partial charge < -0.3 is 25.8 Å². The lowest BCUT2D eigenvalue weighted by Crippen LogP contribution is -2.47. The zero-order valence-electron chi connectivity index (χ0n) is 20.9. The summed E-state index contributed by atoms with van der Waals surface area (Å²) >= 11 is 1.45. The molecule has 3 amide bonds. The third kappa shape index (κ3) is 10.0. The smallest absolute Gasteiger partial charge is 0.405 e. The third-order valence-corrected chi connectivity index (χ3v) is 7.14. The largest absolute Gasteiger partial charge is 0.437 e. The molecule has 10 nitrogen and oxygen atoms in total. The summed E-state index contributed by atoms with van der Waals surface area (Å²) in [5, 5.41) is 7.73.